The summed E-state index contributed by atoms with van der Waals surface area (Å²) in [5.74, 6) is 1.47. The third-order valence-electron chi connectivity index (χ3n) is 3.23. The molecule has 4 nitrogen and oxygen atoms in total. The van der Waals surface area contributed by atoms with E-state index in [1.54, 1.807) is 6.07 Å². The van der Waals surface area contributed by atoms with Crippen molar-refractivity contribution < 1.29 is 0 Å². The number of halogens is 1. The summed E-state index contributed by atoms with van der Waals surface area (Å²) in [6.45, 7) is 2.65. The Morgan fingerprint density at radius 2 is 2.00 bits per heavy atom. The maximum absolute atomic E-state index is 6.00. The van der Waals surface area contributed by atoms with Crippen LogP contribution in [0.2, 0.25) is 5.15 Å². The molecule has 0 aliphatic heterocycles. The van der Waals surface area contributed by atoms with Crippen molar-refractivity contribution in [3.05, 3.63) is 59.1 Å². The summed E-state index contributed by atoms with van der Waals surface area (Å²) in [5, 5.41) is 4.88. The quantitative estimate of drug-likeness (QED) is 0.743. The minimum atomic E-state index is 0.459. The van der Waals surface area contributed by atoms with Crippen molar-refractivity contribution in [2.75, 3.05) is 5.32 Å². The molecule has 0 amide bonds. The summed E-state index contributed by atoms with van der Waals surface area (Å²) in [4.78, 5) is 13.0. The highest BCUT2D eigenvalue weighted by molar-refractivity contribution is 6.29. The van der Waals surface area contributed by atoms with Gasteiger partial charge in [-0.1, -0.05) is 42.8 Å². The number of aromatic nitrogens is 3. The maximum Gasteiger partial charge on any atom is 0.134 e. The van der Waals surface area contributed by atoms with Crippen molar-refractivity contribution in [3.8, 4) is 0 Å². The van der Waals surface area contributed by atoms with Crippen molar-refractivity contribution in [2.45, 2.75) is 19.9 Å². The van der Waals surface area contributed by atoms with Crippen LogP contribution in [0.4, 0.5) is 5.82 Å². The number of hydrogen-bond acceptors (Lipinski definition) is 4. The van der Waals surface area contributed by atoms with E-state index >= 15 is 0 Å². The van der Waals surface area contributed by atoms with Crippen LogP contribution in [0.5, 0.6) is 0 Å². The molecule has 0 fully saturated rings. The topological polar surface area (TPSA) is 50.7 Å². The molecule has 2 aromatic heterocycles. The van der Waals surface area contributed by atoms with Gasteiger partial charge in [0, 0.05) is 30.6 Å². The second-order valence-corrected chi connectivity index (χ2v) is 5.08. The number of fused-ring (bicyclic) bond motifs is 1. The van der Waals surface area contributed by atoms with Gasteiger partial charge in [-0.15, -0.1) is 0 Å². The summed E-state index contributed by atoms with van der Waals surface area (Å²) < 4.78 is 0. The molecule has 0 unspecified atom stereocenters. The second kappa shape index (κ2) is 6.06. The Hall–Kier alpha value is -2.20. The molecule has 2 heterocycles. The molecule has 0 spiro atoms. The molecule has 0 aliphatic rings. The molecule has 0 bridgehead atoms. The number of para-hydroxylation sites is 1. The smallest absolute Gasteiger partial charge is 0.134 e. The first kappa shape index (κ1) is 13.8. The predicted octanol–water partition coefficient (Wildman–Crippen LogP) is 3.85. The lowest BCUT2D eigenvalue weighted by Gasteiger charge is -2.09. The van der Waals surface area contributed by atoms with E-state index in [-0.39, 0.29) is 0 Å². The Balaban J connectivity index is 1.85. The van der Waals surface area contributed by atoms with Gasteiger partial charge >= 0.3 is 0 Å². The molecule has 5 heteroatoms. The van der Waals surface area contributed by atoms with Gasteiger partial charge in [-0.25, -0.2) is 9.97 Å². The normalized spacial score (nSPS) is 10.8. The summed E-state index contributed by atoms with van der Waals surface area (Å²) >= 11 is 6.00. The fraction of sp³-hybridized carbons (Fsp3) is 0.188. The SMILES string of the molecule is CCc1nc(Cl)cc(NCc2cccc3cccnc23)n1. The van der Waals surface area contributed by atoms with Gasteiger partial charge in [-0.2, -0.15) is 0 Å². The van der Waals surface area contributed by atoms with Gasteiger partial charge < -0.3 is 5.32 Å². The number of benzene rings is 1. The third kappa shape index (κ3) is 3.11. The van der Waals surface area contributed by atoms with E-state index in [1.165, 1.54) is 0 Å². The zero-order valence-corrected chi connectivity index (χ0v) is 12.4. The van der Waals surface area contributed by atoms with Crippen LogP contribution in [0.25, 0.3) is 10.9 Å². The summed E-state index contributed by atoms with van der Waals surface area (Å²) in [6, 6.07) is 11.9. The van der Waals surface area contributed by atoms with E-state index in [1.807, 2.05) is 25.3 Å². The Bertz CT molecular complexity index is 768. The Labute approximate surface area is 128 Å². The fourth-order valence-corrected chi connectivity index (χ4v) is 2.41. The van der Waals surface area contributed by atoms with Crippen LogP contribution in [0.3, 0.4) is 0 Å². The molecule has 0 atom stereocenters. The molecule has 1 N–H and O–H groups in total. The largest absolute Gasteiger partial charge is 0.366 e. The molecule has 0 saturated carbocycles. The first-order chi connectivity index (χ1) is 10.3. The van der Waals surface area contributed by atoms with Crippen LogP contribution in [0.15, 0.2) is 42.6 Å². The lowest BCUT2D eigenvalue weighted by molar-refractivity contribution is 0.933. The number of hydrogen-bond donors (Lipinski definition) is 1. The second-order valence-electron chi connectivity index (χ2n) is 4.69. The van der Waals surface area contributed by atoms with E-state index in [4.69, 9.17) is 11.6 Å². The number of pyridine rings is 1. The fourth-order valence-electron chi connectivity index (χ4n) is 2.21. The minimum Gasteiger partial charge on any atom is -0.366 e. The molecule has 3 aromatic rings. The molecule has 21 heavy (non-hydrogen) atoms. The van der Waals surface area contributed by atoms with Gasteiger partial charge in [0.1, 0.15) is 16.8 Å². The van der Waals surface area contributed by atoms with Gasteiger partial charge in [0.2, 0.25) is 0 Å². The monoisotopic (exact) mass is 298 g/mol. The van der Waals surface area contributed by atoms with E-state index in [2.05, 4.69) is 38.5 Å². The highest BCUT2D eigenvalue weighted by Crippen LogP contribution is 2.18. The molecule has 106 valence electrons. The first-order valence-corrected chi connectivity index (χ1v) is 7.24. The molecule has 0 saturated heterocycles. The van der Waals surface area contributed by atoms with Gasteiger partial charge in [-0.3, -0.25) is 4.98 Å². The number of aryl methyl sites for hydroxylation is 1. The highest BCUT2D eigenvalue weighted by atomic mass is 35.5. The molecule has 0 aliphatic carbocycles. The first-order valence-electron chi connectivity index (χ1n) is 6.86. The number of anilines is 1. The predicted molar refractivity (Wildman–Crippen MR) is 85.5 cm³/mol. The molecule has 0 radical (unpaired) electrons. The minimum absolute atomic E-state index is 0.459. The average molecular weight is 299 g/mol. The number of rotatable bonds is 4. The maximum atomic E-state index is 6.00. The molecule has 1 aromatic carbocycles. The lowest BCUT2D eigenvalue weighted by Crippen LogP contribution is -2.05. The summed E-state index contributed by atoms with van der Waals surface area (Å²) in [5.41, 5.74) is 2.13. The zero-order chi connectivity index (χ0) is 14.7. The van der Waals surface area contributed by atoms with Gasteiger partial charge in [-0.05, 0) is 11.6 Å². The third-order valence-corrected chi connectivity index (χ3v) is 3.43. The van der Waals surface area contributed by atoms with Crippen LogP contribution in [-0.2, 0) is 13.0 Å². The van der Waals surface area contributed by atoms with E-state index in [0.29, 0.717) is 11.7 Å². The van der Waals surface area contributed by atoms with Gasteiger partial charge in [0.05, 0.1) is 5.52 Å². The van der Waals surface area contributed by atoms with Crippen LogP contribution in [0.1, 0.15) is 18.3 Å². The van der Waals surface area contributed by atoms with Gasteiger partial charge in [0.25, 0.3) is 0 Å². The molecule has 3 rings (SSSR count). The summed E-state index contributed by atoms with van der Waals surface area (Å²) in [6.07, 6.45) is 2.56. The van der Waals surface area contributed by atoms with Crippen molar-refractivity contribution in [1.82, 2.24) is 15.0 Å². The number of nitrogens with one attached hydrogen (secondary N) is 1. The zero-order valence-electron chi connectivity index (χ0n) is 11.7. The molecular formula is C16H15ClN4. The van der Waals surface area contributed by atoms with E-state index in [9.17, 15) is 0 Å². The van der Waals surface area contributed by atoms with Crippen molar-refractivity contribution in [1.29, 1.82) is 0 Å². The number of nitrogens with zero attached hydrogens (tertiary/aromatic N) is 3. The highest BCUT2D eigenvalue weighted by Gasteiger charge is 2.04. The van der Waals surface area contributed by atoms with Crippen molar-refractivity contribution in [3.63, 3.8) is 0 Å². The van der Waals surface area contributed by atoms with Crippen LogP contribution < -0.4 is 5.32 Å². The summed E-state index contributed by atoms with van der Waals surface area (Å²) in [7, 11) is 0. The molecular weight excluding hydrogens is 284 g/mol. The van der Waals surface area contributed by atoms with E-state index < -0.39 is 0 Å². The lowest BCUT2D eigenvalue weighted by atomic mass is 10.1. The van der Waals surface area contributed by atoms with Crippen LogP contribution in [0, 0.1) is 0 Å². The Kier molecular flexibility index (Phi) is 3.97. The Morgan fingerprint density at radius 3 is 2.86 bits per heavy atom. The van der Waals surface area contributed by atoms with E-state index in [0.717, 1.165) is 34.5 Å². The van der Waals surface area contributed by atoms with Crippen molar-refractivity contribution >= 4 is 28.3 Å². The van der Waals surface area contributed by atoms with Gasteiger partial charge in [0.15, 0.2) is 0 Å². The standard InChI is InChI=1S/C16H15ClN4/c1-2-14-20-13(17)9-15(21-14)19-10-12-6-3-5-11-7-4-8-18-16(11)12/h3-9H,2,10H2,1H3,(H,19,20,21). The Morgan fingerprint density at radius 1 is 1.14 bits per heavy atom. The average Bonchev–Trinajstić information content (AvgIpc) is 2.52. The van der Waals surface area contributed by atoms with Crippen LogP contribution in [-0.4, -0.2) is 15.0 Å². The van der Waals surface area contributed by atoms with Crippen LogP contribution >= 0.6 is 11.6 Å². The van der Waals surface area contributed by atoms with Crippen molar-refractivity contribution in [2.24, 2.45) is 0 Å².